The Morgan fingerprint density at radius 2 is 1.79 bits per heavy atom. The van der Waals surface area contributed by atoms with E-state index in [0.717, 1.165) is 16.7 Å². The predicted octanol–water partition coefficient (Wildman–Crippen LogP) is 2.91. The van der Waals surface area contributed by atoms with Crippen molar-refractivity contribution >= 4 is 17.5 Å². The third-order valence-corrected chi connectivity index (χ3v) is 8.47. The second-order valence-electron chi connectivity index (χ2n) is 11.2. The van der Waals surface area contributed by atoms with Crippen LogP contribution in [-0.4, -0.2) is 68.5 Å². The predicted molar refractivity (Wildman–Crippen MR) is 143 cm³/mol. The topological polar surface area (TPSA) is 161 Å². The van der Waals surface area contributed by atoms with Gasteiger partial charge < -0.3 is 26.2 Å². The molecule has 3 aliphatic rings. The number of likely N-dealkylation sites (N-methyl/N-ethyl adjacent to an activating group) is 1. The van der Waals surface area contributed by atoms with Crippen LogP contribution in [0.3, 0.4) is 0 Å². The lowest BCUT2D eigenvalue weighted by molar-refractivity contribution is -0.148. The van der Waals surface area contributed by atoms with Crippen LogP contribution >= 0.6 is 0 Å². The van der Waals surface area contributed by atoms with Crippen molar-refractivity contribution in [2.45, 2.75) is 44.2 Å². The second kappa shape index (κ2) is 9.07. The van der Waals surface area contributed by atoms with E-state index in [0.29, 0.717) is 5.56 Å². The van der Waals surface area contributed by atoms with E-state index in [-0.39, 0.29) is 35.6 Å². The van der Waals surface area contributed by atoms with Gasteiger partial charge in [0.25, 0.3) is 5.91 Å². The maximum absolute atomic E-state index is 13.9. The Labute approximate surface area is 225 Å². The Morgan fingerprint density at radius 3 is 2.41 bits per heavy atom. The first-order valence-corrected chi connectivity index (χ1v) is 12.9. The summed E-state index contributed by atoms with van der Waals surface area (Å²) in [6, 6.07) is 10.1. The van der Waals surface area contributed by atoms with Crippen LogP contribution < -0.4 is 5.73 Å². The number of rotatable bonds is 4. The smallest absolute Gasteiger partial charge is 0.255 e. The summed E-state index contributed by atoms with van der Waals surface area (Å²) in [7, 11) is 3.20. The number of phenolic OH excluding ortho intramolecular Hbond substituents is 1. The number of allylic oxidation sites excluding steroid dienone is 1. The average Bonchev–Trinajstić information content (AvgIpc) is 2.86. The zero-order valence-electron chi connectivity index (χ0n) is 22.2. The molecule has 0 saturated heterocycles. The molecule has 0 saturated carbocycles. The Kier molecular flexibility index (Phi) is 6.19. The van der Waals surface area contributed by atoms with Crippen molar-refractivity contribution in [3.63, 3.8) is 0 Å². The number of carbonyl (C=O) groups excluding carboxylic acids is 3. The molecule has 3 aliphatic carbocycles. The molecule has 9 heteroatoms. The van der Waals surface area contributed by atoms with Crippen molar-refractivity contribution < 1.29 is 34.8 Å². The van der Waals surface area contributed by atoms with Crippen LogP contribution in [0.1, 0.15) is 47.7 Å². The van der Waals surface area contributed by atoms with E-state index in [9.17, 15) is 34.8 Å². The highest BCUT2D eigenvalue weighted by atomic mass is 16.3. The van der Waals surface area contributed by atoms with Gasteiger partial charge in [-0.3, -0.25) is 19.3 Å². The summed E-state index contributed by atoms with van der Waals surface area (Å²) in [5.41, 5.74) is 5.10. The largest absolute Gasteiger partial charge is 0.510 e. The maximum Gasteiger partial charge on any atom is 0.255 e. The summed E-state index contributed by atoms with van der Waals surface area (Å²) in [5.74, 6) is -6.33. The number of nitrogens with two attached hydrogens (primary N) is 1. The standard InChI is InChI=1S/C30H32N2O7/c1-13(2)14-6-5-7-15(10-14)17-8-9-20(33)22-18(17)11-16-12-19-24(32(3)4)26(35)23(29(31)38)28(37)30(19,39)27(36)21(16)25(22)34/h5-10,13,16,19,24,33,35-36,39H,11-12H2,1-4H3,(H2,31,38)/t16-,19-,24+,30+/m1/s1. The average molecular weight is 533 g/mol. The Bertz CT molecular complexity index is 1500. The molecule has 9 nitrogen and oxygen atoms in total. The molecule has 5 rings (SSSR count). The molecule has 2 aromatic carbocycles. The number of carbonyl (C=O) groups is 3. The molecule has 6 N–H and O–H groups in total. The number of hydrogen-bond donors (Lipinski definition) is 5. The van der Waals surface area contributed by atoms with Gasteiger partial charge in [0.15, 0.2) is 11.4 Å². The molecular weight excluding hydrogens is 500 g/mol. The molecule has 0 radical (unpaired) electrons. The summed E-state index contributed by atoms with van der Waals surface area (Å²) in [4.78, 5) is 40.9. The molecule has 2 aromatic rings. The lowest BCUT2D eigenvalue weighted by Gasteiger charge is -2.50. The van der Waals surface area contributed by atoms with Gasteiger partial charge in [-0.15, -0.1) is 0 Å². The fourth-order valence-corrected chi connectivity index (χ4v) is 6.59. The quantitative estimate of drug-likeness (QED) is 0.376. The van der Waals surface area contributed by atoms with Gasteiger partial charge in [0.1, 0.15) is 22.8 Å². The van der Waals surface area contributed by atoms with Crippen LogP contribution in [0.5, 0.6) is 5.75 Å². The molecule has 0 bridgehead atoms. The third kappa shape index (κ3) is 3.71. The number of fused-ring (bicyclic) bond motifs is 3. The number of aliphatic hydroxyl groups is 3. The van der Waals surface area contributed by atoms with Gasteiger partial charge in [0.2, 0.25) is 5.78 Å². The molecule has 4 atom stereocenters. The second-order valence-corrected chi connectivity index (χ2v) is 11.2. The van der Waals surface area contributed by atoms with Gasteiger partial charge >= 0.3 is 0 Å². The number of hydrogen-bond acceptors (Lipinski definition) is 8. The zero-order valence-corrected chi connectivity index (χ0v) is 22.2. The molecule has 0 spiro atoms. The van der Waals surface area contributed by atoms with Crippen LogP contribution in [0.25, 0.3) is 11.1 Å². The summed E-state index contributed by atoms with van der Waals surface area (Å²) in [6.45, 7) is 4.16. The van der Waals surface area contributed by atoms with Crippen molar-refractivity contribution in [2.75, 3.05) is 14.1 Å². The molecule has 39 heavy (non-hydrogen) atoms. The van der Waals surface area contributed by atoms with Gasteiger partial charge in [-0.25, -0.2) is 0 Å². The number of aliphatic hydroxyl groups excluding tert-OH is 2. The van der Waals surface area contributed by atoms with Crippen molar-refractivity contribution in [1.82, 2.24) is 4.90 Å². The molecule has 0 aromatic heterocycles. The Balaban J connectivity index is 1.71. The van der Waals surface area contributed by atoms with Gasteiger partial charge in [-0.05, 0) is 67.1 Å². The van der Waals surface area contributed by atoms with Crippen molar-refractivity contribution in [2.24, 2.45) is 17.6 Å². The molecule has 1 amide bonds. The van der Waals surface area contributed by atoms with E-state index in [1.54, 1.807) is 20.2 Å². The normalized spacial score (nSPS) is 26.6. The lowest BCUT2D eigenvalue weighted by Crippen LogP contribution is -2.63. The Morgan fingerprint density at radius 1 is 1.10 bits per heavy atom. The van der Waals surface area contributed by atoms with Gasteiger partial charge in [0.05, 0.1) is 11.6 Å². The monoisotopic (exact) mass is 532 g/mol. The van der Waals surface area contributed by atoms with Gasteiger partial charge in [-0.2, -0.15) is 0 Å². The van der Waals surface area contributed by atoms with Crippen LogP contribution in [0.15, 0.2) is 59.1 Å². The number of amides is 1. The Hall–Kier alpha value is -3.95. The van der Waals surface area contributed by atoms with E-state index in [1.807, 2.05) is 24.3 Å². The van der Waals surface area contributed by atoms with Crippen LogP contribution in [0, 0.1) is 11.8 Å². The summed E-state index contributed by atoms with van der Waals surface area (Å²) < 4.78 is 0. The molecular formula is C30H32N2O7. The number of Topliss-reactive ketones (excluding diaryl/α,β-unsaturated/α-hetero) is 2. The minimum atomic E-state index is -2.65. The fourth-order valence-electron chi connectivity index (χ4n) is 6.59. The van der Waals surface area contributed by atoms with Crippen molar-refractivity contribution in [3.8, 4) is 16.9 Å². The molecule has 0 heterocycles. The van der Waals surface area contributed by atoms with E-state index in [2.05, 4.69) is 13.8 Å². The first-order chi connectivity index (χ1) is 18.3. The molecule has 204 valence electrons. The summed E-state index contributed by atoms with van der Waals surface area (Å²) in [5, 5.41) is 44.8. The molecule has 0 fully saturated rings. The highest BCUT2D eigenvalue weighted by molar-refractivity contribution is 6.24. The maximum atomic E-state index is 13.9. The third-order valence-electron chi connectivity index (χ3n) is 8.47. The van der Waals surface area contributed by atoms with Crippen molar-refractivity contribution in [3.05, 3.63) is 75.8 Å². The summed E-state index contributed by atoms with van der Waals surface area (Å²) >= 11 is 0. The van der Waals surface area contributed by atoms with Crippen LogP contribution in [0.2, 0.25) is 0 Å². The summed E-state index contributed by atoms with van der Waals surface area (Å²) in [6.07, 6.45) is 0.289. The minimum absolute atomic E-state index is 0.00299. The number of aromatic hydroxyl groups is 1. The SMILES string of the molecule is CC(C)c1cccc(-c2ccc(O)c3c2C[C@@H]2C[C@@H]4[C@H](N(C)C)C(O)=C(C(N)=O)C(=O)[C@@]4(O)C(O)=C2C3=O)c1. The van der Waals surface area contributed by atoms with E-state index in [4.69, 9.17) is 5.73 Å². The molecule has 0 aliphatic heterocycles. The lowest BCUT2D eigenvalue weighted by atomic mass is 9.58. The highest BCUT2D eigenvalue weighted by Gasteiger charge is 2.63. The number of ketones is 2. The number of primary amides is 1. The van der Waals surface area contributed by atoms with Crippen LogP contribution in [-0.2, 0) is 16.0 Å². The first kappa shape index (κ1) is 26.6. The highest BCUT2D eigenvalue weighted by Crippen LogP contribution is 2.53. The number of benzene rings is 2. The zero-order chi connectivity index (χ0) is 28.5. The first-order valence-electron chi connectivity index (χ1n) is 12.9. The fraction of sp³-hybridized carbons (Fsp3) is 0.367. The van der Waals surface area contributed by atoms with E-state index in [1.165, 1.54) is 11.0 Å². The van der Waals surface area contributed by atoms with Crippen LogP contribution in [0.4, 0.5) is 0 Å². The number of phenols is 1. The minimum Gasteiger partial charge on any atom is -0.510 e. The van der Waals surface area contributed by atoms with Gasteiger partial charge in [-0.1, -0.05) is 44.2 Å². The van der Waals surface area contributed by atoms with Gasteiger partial charge in [0, 0.05) is 11.5 Å². The van der Waals surface area contributed by atoms with E-state index >= 15 is 0 Å². The van der Waals surface area contributed by atoms with Crippen molar-refractivity contribution in [1.29, 1.82) is 0 Å². The van der Waals surface area contributed by atoms with E-state index < -0.39 is 58.0 Å². The number of nitrogens with zero attached hydrogens (tertiary/aromatic N) is 1. The molecule has 0 unspecified atom stereocenters.